The number of ether oxygens (including phenoxy) is 1. The highest BCUT2D eigenvalue weighted by Gasteiger charge is 2.30. The van der Waals surface area contributed by atoms with E-state index in [0.29, 0.717) is 5.78 Å². The molecule has 0 bridgehead atoms. The maximum atomic E-state index is 12.9. The van der Waals surface area contributed by atoms with E-state index >= 15 is 0 Å². The summed E-state index contributed by atoms with van der Waals surface area (Å²) >= 11 is 0. The number of aryl methyl sites for hydroxylation is 1. The molecule has 3 rings (SSSR count). The van der Waals surface area contributed by atoms with Gasteiger partial charge in [-0.05, 0) is 62.0 Å². The van der Waals surface area contributed by atoms with Gasteiger partial charge in [-0.25, -0.2) is 0 Å². The molecule has 2 heteroatoms. The molecule has 0 spiro atoms. The van der Waals surface area contributed by atoms with Crippen LogP contribution in [0.2, 0.25) is 0 Å². The van der Waals surface area contributed by atoms with Gasteiger partial charge in [0.05, 0.1) is 12.2 Å². The van der Waals surface area contributed by atoms with Gasteiger partial charge in [-0.2, -0.15) is 0 Å². The van der Waals surface area contributed by atoms with E-state index in [0.717, 1.165) is 55.4 Å². The van der Waals surface area contributed by atoms with Gasteiger partial charge in [-0.15, -0.1) is 0 Å². The Bertz CT molecular complexity index is 510. The third-order valence-corrected chi connectivity index (χ3v) is 5.28. The number of fused-ring (bicyclic) bond motifs is 1. The number of hydrogen-bond acceptors (Lipinski definition) is 2. The van der Waals surface area contributed by atoms with E-state index in [1.165, 1.54) is 18.4 Å². The van der Waals surface area contributed by atoms with Gasteiger partial charge < -0.3 is 4.74 Å². The quantitative estimate of drug-likeness (QED) is 0.756. The van der Waals surface area contributed by atoms with Crippen molar-refractivity contribution in [1.29, 1.82) is 0 Å². The monoisotopic (exact) mass is 286 g/mol. The van der Waals surface area contributed by atoms with Gasteiger partial charge in [-0.3, -0.25) is 4.79 Å². The summed E-state index contributed by atoms with van der Waals surface area (Å²) in [4.78, 5) is 12.9. The first kappa shape index (κ1) is 14.6. The smallest absolute Gasteiger partial charge is 0.169 e. The van der Waals surface area contributed by atoms with Crippen LogP contribution in [0.15, 0.2) is 18.2 Å². The highest BCUT2D eigenvalue weighted by molar-refractivity contribution is 6.00. The fraction of sp³-hybridized carbons (Fsp3) is 0.632. The molecule has 0 unspecified atom stereocenters. The molecule has 1 saturated carbocycles. The molecule has 1 heterocycles. The molecule has 0 N–H and O–H groups in total. The molecule has 1 aromatic rings. The van der Waals surface area contributed by atoms with Crippen LogP contribution < -0.4 is 4.74 Å². The Hall–Kier alpha value is -1.31. The Kier molecular flexibility index (Phi) is 4.32. The van der Waals surface area contributed by atoms with Crippen molar-refractivity contribution < 1.29 is 9.53 Å². The number of benzene rings is 1. The maximum absolute atomic E-state index is 12.9. The van der Waals surface area contributed by atoms with E-state index in [-0.39, 0.29) is 5.92 Å². The van der Waals surface area contributed by atoms with Crippen molar-refractivity contribution in [2.24, 2.45) is 17.8 Å². The van der Waals surface area contributed by atoms with Crippen LogP contribution in [0, 0.1) is 17.8 Å². The zero-order chi connectivity index (χ0) is 14.8. The first-order valence-corrected chi connectivity index (χ1v) is 8.45. The molecule has 0 amide bonds. The van der Waals surface area contributed by atoms with Crippen LogP contribution in [0.5, 0.6) is 5.75 Å². The zero-order valence-corrected chi connectivity index (χ0v) is 13.2. The minimum Gasteiger partial charge on any atom is -0.493 e. The molecule has 0 atom stereocenters. The minimum absolute atomic E-state index is 0.206. The lowest BCUT2D eigenvalue weighted by atomic mass is 9.74. The summed E-state index contributed by atoms with van der Waals surface area (Å²) in [6.07, 6.45) is 6.59. The normalized spacial score (nSPS) is 25.3. The van der Waals surface area contributed by atoms with E-state index < -0.39 is 0 Å². The van der Waals surface area contributed by atoms with Crippen LogP contribution in [0.1, 0.15) is 61.9 Å². The molecular weight excluding hydrogens is 260 g/mol. The number of para-hydroxylation sites is 1. The molecule has 1 aliphatic heterocycles. The van der Waals surface area contributed by atoms with Gasteiger partial charge in [0.2, 0.25) is 0 Å². The van der Waals surface area contributed by atoms with Crippen LogP contribution in [-0.4, -0.2) is 12.4 Å². The standard InChI is InChI=1S/C19H26O2/c1-13(2)14-8-10-15(11-9-14)18(20)17-7-3-5-16-6-4-12-21-19(16)17/h3,5,7,13-15H,4,6,8-12H2,1-2H3. The Morgan fingerprint density at radius 1 is 1.19 bits per heavy atom. The zero-order valence-electron chi connectivity index (χ0n) is 13.2. The largest absolute Gasteiger partial charge is 0.493 e. The summed E-state index contributed by atoms with van der Waals surface area (Å²) in [5.41, 5.74) is 2.04. The molecule has 1 aliphatic carbocycles. The molecule has 0 aromatic heterocycles. The average molecular weight is 286 g/mol. The summed E-state index contributed by atoms with van der Waals surface area (Å²) < 4.78 is 5.81. The van der Waals surface area contributed by atoms with Gasteiger partial charge in [-0.1, -0.05) is 26.0 Å². The molecule has 114 valence electrons. The van der Waals surface area contributed by atoms with Crippen molar-refractivity contribution in [3.8, 4) is 5.75 Å². The second-order valence-corrected chi connectivity index (χ2v) is 6.97. The number of Topliss-reactive ketones (excluding diaryl/α,β-unsaturated/α-hetero) is 1. The summed E-state index contributed by atoms with van der Waals surface area (Å²) in [6, 6.07) is 6.07. The van der Waals surface area contributed by atoms with Gasteiger partial charge in [0.1, 0.15) is 5.75 Å². The topological polar surface area (TPSA) is 26.3 Å². The van der Waals surface area contributed by atoms with Crippen molar-refractivity contribution in [1.82, 2.24) is 0 Å². The number of hydrogen-bond donors (Lipinski definition) is 0. The molecule has 1 aromatic carbocycles. The van der Waals surface area contributed by atoms with E-state index in [2.05, 4.69) is 19.9 Å². The summed E-state index contributed by atoms with van der Waals surface area (Å²) in [7, 11) is 0. The second-order valence-electron chi connectivity index (χ2n) is 6.97. The third-order valence-electron chi connectivity index (χ3n) is 5.28. The molecule has 2 nitrogen and oxygen atoms in total. The predicted molar refractivity (Wildman–Crippen MR) is 84.9 cm³/mol. The van der Waals surface area contributed by atoms with Gasteiger partial charge in [0, 0.05) is 5.92 Å². The SMILES string of the molecule is CC(C)C1CCC(C(=O)c2cccc3c2OCCC3)CC1. The van der Waals surface area contributed by atoms with Crippen molar-refractivity contribution in [3.05, 3.63) is 29.3 Å². The Morgan fingerprint density at radius 3 is 2.67 bits per heavy atom. The van der Waals surface area contributed by atoms with Crippen LogP contribution in [0.25, 0.3) is 0 Å². The Morgan fingerprint density at radius 2 is 1.95 bits per heavy atom. The molecule has 21 heavy (non-hydrogen) atoms. The molecular formula is C19H26O2. The third kappa shape index (κ3) is 3.00. The molecule has 0 saturated heterocycles. The van der Waals surface area contributed by atoms with E-state index in [4.69, 9.17) is 4.74 Å². The van der Waals surface area contributed by atoms with Crippen molar-refractivity contribution >= 4 is 5.78 Å². The van der Waals surface area contributed by atoms with Gasteiger partial charge in [0.15, 0.2) is 5.78 Å². The lowest BCUT2D eigenvalue weighted by Gasteiger charge is -2.30. The molecule has 1 fully saturated rings. The minimum atomic E-state index is 0.206. The lowest BCUT2D eigenvalue weighted by Crippen LogP contribution is -2.25. The summed E-state index contributed by atoms with van der Waals surface area (Å²) in [5, 5.41) is 0. The van der Waals surface area contributed by atoms with Gasteiger partial charge in [0.25, 0.3) is 0 Å². The van der Waals surface area contributed by atoms with E-state index in [1.807, 2.05) is 12.1 Å². The molecule has 0 radical (unpaired) electrons. The van der Waals surface area contributed by atoms with Crippen molar-refractivity contribution in [3.63, 3.8) is 0 Å². The lowest BCUT2D eigenvalue weighted by molar-refractivity contribution is 0.0854. The highest BCUT2D eigenvalue weighted by atomic mass is 16.5. The van der Waals surface area contributed by atoms with E-state index in [9.17, 15) is 4.79 Å². The second kappa shape index (κ2) is 6.21. The van der Waals surface area contributed by atoms with Crippen LogP contribution in [-0.2, 0) is 6.42 Å². The summed E-state index contributed by atoms with van der Waals surface area (Å²) in [5.74, 6) is 2.94. The van der Waals surface area contributed by atoms with E-state index in [1.54, 1.807) is 0 Å². The number of carbonyl (C=O) groups excluding carboxylic acids is 1. The first-order chi connectivity index (χ1) is 10.2. The fourth-order valence-corrected chi connectivity index (χ4v) is 3.85. The van der Waals surface area contributed by atoms with Gasteiger partial charge >= 0.3 is 0 Å². The average Bonchev–Trinajstić information content (AvgIpc) is 2.53. The number of carbonyl (C=O) groups is 1. The number of ketones is 1. The van der Waals surface area contributed by atoms with Crippen LogP contribution >= 0.6 is 0 Å². The van der Waals surface area contributed by atoms with Crippen LogP contribution in [0.3, 0.4) is 0 Å². The Labute approximate surface area is 127 Å². The fourth-order valence-electron chi connectivity index (χ4n) is 3.85. The first-order valence-electron chi connectivity index (χ1n) is 8.45. The van der Waals surface area contributed by atoms with Crippen molar-refractivity contribution in [2.45, 2.75) is 52.4 Å². The number of rotatable bonds is 3. The summed E-state index contributed by atoms with van der Waals surface area (Å²) in [6.45, 7) is 5.35. The molecule has 2 aliphatic rings. The highest BCUT2D eigenvalue weighted by Crippen LogP contribution is 2.37. The predicted octanol–water partition coefficient (Wildman–Crippen LogP) is 4.66. The maximum Gasteiger partial charge on any atom is 0.169 e. The van der Waals surface area contributed by atoms with Crippen LogP contribution in [0.4, 0.5) is 0 Å². The Balaban J connectivity index is 1.75. The van der Waals surface area contributed by atoms with Crippen molar-refractivity contribution in [2.75, 3.05) is 6.61 Å².